The number of hydrogen-bond acceptors (Lipinski definition) is 0. The molecule has 13 aromatic rings. The monoisotopic (exact) mass is 831 g/mol. The van der Waals surface area contributed by atoms with Crippen LogP contribution in [0.1, 0.15) is 0 Å². The van der Waals surface area contributed by atoms with Gasteiger partial charge in [-0.05, 0) is 87.5 Å². The smallest absolute Gasteiger partial charge is 0.179 e. The molecule has 4 heteroatoms. The Morgan fingerprint density at radius 2 is 0.672 bits per heavy atom. The summed E-state index contributed by atoms with van der Waals surface area (Å²) in [6.45, 7) is 0. The molecular formula is C60H41N3Si. The lowest BCUT2D eigenvalue weighted by Gasteiger charge is -2.34. The van der Waals surface area contributed by atoms with Crippen molar-refractivity contribution in [2.45, 2.75) is 0 Å². The Morgan fingerprint density at radius 3 is 1.23 bits per heavy atom. The van der Waals surface area contributed by atoms with E-state index in [-0.39, 0.29) is 0 Å². The molecule has 0 aliphatic rings. The Hall–Kier alpha value is -8.18. The SMILES string of the molecule is c1ccc(-n2c3ccc(-n4c5ccccc5c5ccc([Si](c6ccccc6)(c6ccccc6)c6ccccc6)cc54)cc3c3c(-n4c5ccccc5c5ccccc54)cccc32)cc1. The van der Waals surface area contributed by atoms with Gasteiger partial charge in [0.2, 0.25) is 0 Å². The first-order valence-electron chi connectivity index (χ1n) is 22.1. The fourth-order valence-electron chi connectivity index (χ4n) is 10.9. The summed E-state index contributed by atoms with van der Waals surface area (Å²) >= 11 is 0. The highest BCUT2D eigenvalue weighted by atomic mass is 28.3. The molecule has 0 atom stereocenters. The van der Waals surface area contributed by atoms with E-state index in [0.29, 0.717) is 0 Å². The first-order valence-corrected chi connectivity index (χ1v) is 24.1. The maximum Gasteiger partial charge on any atom is 0.179 e. The summed E-state index contributed by atoms with van der Waals surface area (Å²) in [5.74, 6) is 0. The van der Waals surface area contributed by atoms with Crippen molar-refractivity contribution < 1.29 is 0 Å². The summed E-state index contributed by atoms with van der Waals surface area (Å²) in [4.78, 5) is 0. The van der Waals surface area contributed by atoms with Gasteiger partial charge in [-0.1, -0.05) is 182 Å². The maximum atomic E-state index is 2.52. The van der Waals surface area contributed by atoms with E-state index in [2.05, 4.69) is 262 Å². The number of nitrogens with zero attached hydrogens (tertiary/aromatic N) is 3. The van der Waals surface area contributed by atoms with Gasteiger partial charge in [-0.2, -0.15) is 0 Å². The standard InChI is InChI=1S/C60H41N3Si/c1-5-20-42(21-6-1)61-56-39-36-43(40-52(56)60-57(61)34-19-35-58(60)63-54-32-17-14-28-48(54)49-29-15-18-33-55(49)63)62-53-31-16-13-30-50(53)51-38-37-47(41-59(51)62)64(44-22-7-2-8-23-44,45-24-9-3-10-25-45)46-26-11-4-12-27-46/h1-41H. The molecule has 10 aromatic carbocycles. The fourth-order valence-corrected chi connectivity index (χ4v) is 15.7. The third kappa shape index (κ3) is 5.27. The number of para-hydroxylation sites is 4. The summed E-state index contributed by atoms with van der Waals surface area (Å²) in [6.07, 6.45) is 0. The third-order valence-electron chi connectivity index (χ3n) is 13.6. The fraction of sp³-hybridized carbons (Fsp3) is 0. The third-order valence-corrected chi connectivity index (χ3v) is 18.3. The minimum atomic E-state index is -2.81. The molecule has 0 bridgehead atoms. The largest absolute Gasteiger partial charge is 0.309 e. The van der Waals surface area contributed by atoms with Crippen molar-refractivity contribution in [3.8, 4) is 17.1 Å². The zero-order chi connectivity index (χ0) is 42.2. The van der Waals surface area contributed by atoms with Crippen LogP contribution in [0.3, 0.4) is 0 Å². The van der Waals surface area contributed by atoms with Gasteiger partial charge in [0.05, 0.1) is 38.8 Å². The minimum Gasteiger partial charge on any atom is -0.309 e. The predicted molar refractivity (Wildman–Crippen MR) is 273 cm³/mol. The van der Waals surface area contributed by atoms with E-state index >= 15 is 0 Å². The lowest BCUT2D eigenvalue weighted by atomic mass is 10.1. The highest BCUT2D eigenvalue weighted by molar-refractivity contribution is 7.20. The number of fused-ring (bicyclic) bond motifs is 9. The molecule has 0 aliphatic carbocycles. The highest BCUT2D eigenvalue weighted by Gasteiger charge is 2.41. The molecule has 0 fully saturated rings. The van der Waals surface area contributed by atoms with Crippen molar-refractivity contribution in [2.24, 2.45) is 0 Å². The molecule has 0 radical (unpaired) electrons. The topological polar surface area (TPSA) is 14.8 Å². The molecule has 3 aromatic heterocycles. The van der Waals surface area contributed by atoms with E-state index in [0.717, 1.165) is 11.4 Å². The van der Waals surface area contributed by atoms with E-state index in [4.69, 9.17) is 0 Å². The van der Waals surface area contributed by atoms with Crippen molar-refractivity contribution in [1.29, 1.82) is 0 Å². The summed E-state index contributed by atoms with van der Waals surface area (Å²) in [5, 5.41) is 12.9. The van der Waals surface area contributed by atoms with Crippen molar-refractivity contribution in [2.75, 3.05) is 0 Å². The summed E-state index contributed by atoms with van der Waals surface area (Å²) < 4.78 is 7.43. The Balaban J connectivity index is 1.14. The van der Waals surface area contributed by atoms with Crippen LogP contribution in [0.25, 0.3) is 82.5 Å². The van der Waals surface area contributed by atoms with Gasteiger partial charge in [0.15, 0.2) is 8.07 Å². The molecule has 13 rings (SSSR count). The maximum absolute atomic E-state index is 2.81. The molecule has 0 saturated carbocycles. The zero-order valence-electron chi connectivity index (χ0n) is 35.0. The first kappa shape index (κ1) is 36.5. The van der Waals surface area contributed by atoms with Crippen LogP contribution in [0.15, 0.2) is 249 Å². The van der Waals surface area contributed by atoms with Gasteiger partial charge in [-0.25, -0.2) is 0 Å². The van der Waals surface area contributed by atoms with Crippen molar-refractivity contribution >= 4 is 94.2 Å². The summed E-state index contributed by atoms with van der Waals surface area (Å²) in [6, 6.07) is 92.3. The van der Waals surface area contributed by atoms with Gasteiger partial charge < -0.3 is 13.7 Å². The zero-order valence-corrected chi connectivity index (χ0v) is 36.0. The average Bonchev–Trinajstić information content (AvgIpc) is 4.01. The quantitative estimate of drug-likeness (QED) is 0.112. The number of rotatable bonds is 7. The van der Waals surface area contributed by atoms with Gasteiger partial charge in [0.1, 0.15) is 0 Å². The molecule has 0 saturated heterocycles. The van der Waals surface area contributed by atoms with Crippen LogP contribution < -0.4 is 20.7 Å². The number of aromatic nitrogens is 3. The van der Waals surface area contributed by atoms with Gasteiger partial charge in [0.25, 0.3) is 0 Å². The molecule has 3 nitrogen and oxygen atoms in total. The van der Waals surface area contributed by atoms with Crippen LogP contribution in [0, 0.1) is 0 Å². The van der Waals surface area contributed by atoms with Crippen molar-refractivity contribution in [3.05, 3.63) is 249 Å². The van der Waals surface area contributed by atoms with E-state index < -0.39 is 8.07 Å². The van der Waals surface area contributed by atoms with Crippen LogP contribution in [0.4, 0.5) is 0 Å². The van der Waals surface area contributed by atoms with Gasteiger partial charge in [-0.15, -0.1) is 0 Å². The van der Waals surface area contributed by atoms with Crippen LogP contribution in [-0.4, -0.2) is 21.8 Å². The Kier molecular flexibility index (Phi) is 8.23. The summed E-state index contributed by atoms with van der Waals surface area (Å²) in [5.41, 5.74) is 10.6. The second kappa shape index (κ2) is 14.5. The van der Waals surface area contributed by atoms with Crippen molar-refractivity contribution in [1.82, 2.24) is 13.7 Å². The molecule has 0 amide bonds. The lowest BCUT2D eigenvalue weighted by molar-refractivity contribution is 1.16. The number of benzene rings is 10. The summed E-state index contributed by atoms with van der Waals surface area (Å²) in [7, 11) is -2.81. The molecule has 300 valence electrons. The molecule has 0 aliphatic heterocycles. The first-order chi connectivity index (χ1) is 31.8. The molecular weight excluding hydrogens is 791 g/mol. The second-order valence-electron chi connectivity index (χ2n) is 16.8. The van der Waals surface area contributed by atoms with Gasteiger partial charge >= 0.3 is 0 Å². The Morgan fingerprint density at radius 1 is 0.234 bits per heavy atom. The molecule has 0 spiro atoms. The van der Waals surface area contributed by atoms with Crippen LogP contribution in [0.2, 0.25) is 0 Å². The molecule has 0 N–H and O–H groups in total. The lowest BCUT2D eigenvalue weighted by Crippen LogP contribution is -2.74. The molecule has 0 unspecified atom stereocenters. The van der Waals surface area contributed by atoms with E-state index in [1.807, 2.05) is 0 Å². The Bertz CT molecular complexity index is 3730. The van der Waals surface area contributed by atoms with Crippen molar-refractivity contribution in [3.63, 3.8) is 0 Å². The molecule has 64 heavy (non-hydrogen) atoms. The van der Waals surface area contributed by atoms with E-state index in [1.165, 1.54) is 91.9 Å². The average molecular weight is 832 g/mol. The van der Waals surface area contributed by atoms with Gasteiger partial charge in [-0.3, -0.25) is 0 Å². The normalized spacial score (nSPS) is 12.1. The minimum absolute atomic E-state index is 1.13. The van der Waals surface area contributed by atoms with E-state index in [1.54, 1.807) is 0 Å². The highest BCUT2D eigenvalue weighted by Crippen LogP contribution is 2.41. The van der Waals surface area contributed by atoms with E-state index in [9.17, 15) is 0 Å². The number of hydrogen-bond donors (Lipinski definition) is 0. The van der Waals surface area contributed by atoms with Crippen LogP contribution >= 0.6 is 0 Å². The van der Waals surface area contributed by atoms with Crippen LogP contribution in [0.5, 0.6) is 0 Å². The van der Waals surface area contributed by atoms with Gasteiger partial charge in [0, 0.05) is 43.7 Å². The Labute approximate surface area is 372 Å². The predicted octanol–water partition coefficient (Wildman–Crippen LogP) is 12.4. The van der Waals surface area contributed by atoms with Crippen LogP contribution in [-0.2, 0) is 0 Å². The second-order valence-corrected chi connectivity index (χ2v) is 20.7. The molecule has 3 heterocycles.